The first-order valence-electron chi connectivity index (χ1n) is 4.50. The van der Waals surface area contributed by atoms with Gasteiger partial charge in [0, 0.05) is 19.2 Å². The van der Waals surface area contributed by atoms with Gasteiger partial charge in [-0.25, -0.2) is 4.98 Å². The third-order valence-electron chi connectivity index (χ3n) is 1.67. The van der Waals surface area contributed by atoms with Crippen molar-refractivity contribution in [3.8, 4) is 0 Å². The van der Waals surface area contributed by atoms with E-state index in [2.05, 4.69) is 15.3 Å². The molecule has 0 amide bonds. The topological polar surface area (TPSA) is 84.1 Å². The van der Waals surface area contributed by atoms with Crippen LogP contribution in [0.1, 0.15) is 12.1 Å². The van der Waals surface area contributed by atoms with E-state index >= 15 is 0 Å². The molecule has 16 heavy (non-hydrogen) atoms. The molecule has 0 aromatic carbocycles. The van der Waals surface area contributed by atoms with E-state index in [1.807, 2.05) is 0 Å². The summed E-state index contributed by atoms with van der Waals surface area (Å²) in [5.41, 5.74) is 4.06. The summed E-state index contributed by atoms with van der Waals surface area (Å²) in [5, 5.41) is 11.1. The Labute approximate surface area is 89.5 Å². The summed E-state index contributed by atoms with van der Waals surface area (Å²) in [6.07, 6.45) is -4.14. The van der Waals surface area contributed by atoms with Gasteiger partial charge < -0.3 is 16.2 Å². The molecule has 0 fully saturated rings. The van der Waals surface area contributed by atoms with Crippen LogP contribution in [-0.4, -0.2) is 28.2 Å². The number of alkyl halides is 3. The molecule has 0 saturated carbocycles. The molecule has 0 aliphatic rings. The number of nitrogen functional groups attached to an aromatic ring is 1. The first-order valence-corrected chi connectivity index (χ1v) is 4.50. The van der Waals surface area contributed by atoms with E-state index in [0.717, 1.165) is 6.07 Å². The number of rotatable bonds is 4. The number of nitrogens with zero attached hydrogens (tertiary/aromatic N) is 2. The molecular weight excluding hydrogens is 225 g/mol. The third-order valence-corrected chi connectivity index (χ3v) is 1.67. The lowest BCUT2D eigenvalue weighted by Gasteiger charge is -2.09. The molecule has 0 atom stereocenters. The van der Waals surface area contributed by atoms with Gasteiger partial charge >= 0.3 is 6.18 Å². The second-order valence-electron chi connectivity index (χ2n) is 3.00. The van der Waals surface area contributed by atoms with Crippen LogP contribution in [0.4, 0.5) is 24.9 Å². The molecule has 0 aliphatic carbocycles. The molecule has 1 aromatic rings. The fraction of sp³-hybridized carbons (Fsp3) is 0.500. The van der Waals surface area contributed by atoms with Crippen LogP contribution in [-0.2, 0) is 6.18 Å². The summed E-state index contributed by atoms with van der Waals surface area (Å²) in [6.45, 7) is 0.254. The molecule has 1 heterocycles. The van der Waals surface area contributed by atoms with Crippen LogP contribution >= 0.6 is 0 Å². The molecule has 0 unspecified atom stereocenters. The zero-order chi connectivity index (χ0) is 12.2. The zero-order valence-corrected chi connectivity index (χ0v) is 8.25. The zero-order valence-electron chi connectivity index (χ0n) is 8.25. The number of halogens is 3. The van der Waals surface area contributed by atoms with E-state index in [-0.39, 0.29) is 12.4 Å². The number of aromatic nitrogens is 2. The lowest BCUT2D eigenvalue weighted by atomic mass is 10.3. The van der Waals surface area contributed by atoms with E-state index < -0.39 is 17.8 Å². The summed E-state index contributed by atoms with van der Waals surface area (Å²) in [4.78, 5) is 6.68. The second kappa shape index (κ2) is 4.97. The highest BCUT2D eigenvalue weighted by Crippen LogP contribution is 2.29. The van der Waals surface area contributed by atoms with Crippen molar-refractivity contribution < 1.29 is 18.3 Å². The first kappa shape index (κ1) is 12.5. The maximum atomic E-state index is 12.3. The standard InChI is InChI=1S/C8H11F3N4O/c9-8(10,11)5-4-6(13-2-1-3-16)15-7(12)14-5/h4,16H,1-3H2,(H3,12,13,14,15). The predicted molar refractivity (Wildman–Crippen MR) is 51.6 cm³/mol. The molecular formula is C8H11F3N4O. The van der Waals surface area contributed by atoms with Crippen LogP contribution in [0.2, 0.25) is 0 Å². The first-order chi connectivity index (χ1) is 7.43. The van der Waals surface area contributed by atoms with Crippen LogP contribution in [0.15, 0.2) is 6.07 Å². The largest absolute Gasteiger partial charge is 0.433 e. The van der Waals surface area contributed by atoms with Gasteiger partial charge in [0.15, 0.2) is 5.69 Å². The SMILES string of the molecule is Nc1nc(NCCCO)cc(C(F)(F)F)n1. The molecule has 0 bridgehead atoms. The lowest BCUT2D eigenvalue weighted by molar-refractivity contribution is -0.141. The van der Waals surface area contributed by atoms with Crippen LogP contribution in [0.25, 0.3) is 0 Å². The van der Waals surface area contributed by atoms with Gasteiger partial charge in [0.05, 0.1) is 0 Å². The Hall–Kier alpha value is -1.57. The van der Waals surface area contributed by atoms with Gasteiger partial charge in [-0.2, -0.15) is 18.2 Å². The van der Waals surface area contributed by atoms with Crippen molar-refractivity contribution in [1.82, 2.24) is 9.97 Å². The predicted octanol–water partition coefficient (Wildman–Crippen LogP) is 0.872. The smallest absolute Gasteiger partial charge is 0.396 e. The molecule has 4 N–H and O–H groups in total. The van der Waals surface area contributed by atoms with Crippen molar-refractivity contribution in [1.29, 1.82) is 0 Å². The molecule has 1 aromatic heterocycles. The lowest BCUT2D eigenvalue weighted by Crippen LogP contribution is -2.13. The van der Waals surface area contributed by atoms with E-state index in [0.29, 0.717) is 13.0 Å². The number of aliphatic hydroxyl groups excluding tert-OH is 1. The van der Waals surface area contributed by atoms with Crippen molar-refractivity contribution in [2.75, 3.05) is 24.2 Å². The summed E-state index contributed by atoms with van der Waals surface area (Å²) in [6, 6.07) is 0.772. The molecule has 0 spiro atoms. The van der Waals surface area contributed by atoms with Crippen LogP contribution < -0.4 is 11.1 Å². The molecule has 1 rings (SSSR count). The van der Waals surface area contributed by atoms with Crippen molar-refractivity contribution in [2.45, 2.75) is 12.6 Å². The van der Waals surface area contributed by atoms with Gasteiger partial charge in [-0.15, -0.1) is 0 Å². The molecule has 90 valence electrons. The maximum absolute atomic E-state index is 12.3. The number of aliphatic hydroxyl groups is 1. The number of anilines is 2. The molecule has 5 nitrogen and oxygen atoms in total. The maximum Gasteiger partial charge on any atom is 0.433 e. The third kappa shape index (κ3) is 3.54. The molecule has 0 saturated heterocycles. The number of nitrogens with two attached hydrogens (primary N) is 1. The van der Waals surface area contributed by atoms with Gasteiger partial charge in [0.25, 0.3) is 0 Å². The highest BCUT2D eigenvalue weighted by molar-refractivity contribution is 5.41. The Kier molecular flexibility index (Phi) is 3.88. The summed E-state index contributed by atoms with van der Waals surface area (Å²) >= 11 is 0. The van der Waals surface area contributed by atoms with Gasteiger partial charge in [0.1, 0.15) is 5.82 Å². The normalized spacial score (nSPS) is 11.5. The Morgan fingerprint density at radius 3 is 2.62 bits per heavy atom. The van der Waals surface area contributed by atoms with Crippen molar-refractivity contribution in [2.24, 2.45) is 0 Å². The average Bonchev–Trinajstić information content (AvgIpc) is 2.16. The van der Waals surface area contributed by atoms with Gasteiger partial charge in [-0.05, 0) is 6.42 Å². The van der Waals surface area contributed by atoms with Crippen LogP contribution in [0.5, 0.6) is 0 Å². The molecule has 8 heteroatoms. The Morgan fingerprint density at radius 1 is 1.38 bits per heavy atom. The summed E-state index contributed by atoms with van der Waals surface area (Å²) < 4.78 is 37.0. The quantitative estimate of drug-likeness (QED) is 0.675. The van der Waals surface area contributed by atoms with Gasteiger partial charge in [-0.3, -0.25) is 0 Å². The summed E-state index contributed by atoms with van der Waals surface area (Å²) in [5.74, 6) is -0.449. The van der Waals surface area contributed by atoms with Crippen molar-refractivity contribution in [3.05, 3.63) is 11.8 Å². The fourth-order valence-electron chi connectivity index (χ4n) is 0.997. The Bertz CT molecular complexity index is 356. The van der Waals surface area contributed by atoms with Crippen molar-refractivity contribution in [3.63, 3.8) is 0 Å². The monoisotopic (exact) mass is 236 g/mol. The molecule has 0 radical (unpaired) electrons. The van der Waals surface area contributed by atoms with Crippen LogP contribution in [0.3, 0.4) is 0 Å². The van der Waals surface area contributed by atoms with E-state index in [1.165, 1.54) is 0 Å². The highest BCUT2D eigenvalue weighted by atomic mass is 19.4. The number of hydrogen-bond donors (Lipinski definition) is 3. The second-order valence-corrected chi connectivity index (χ2v) is 3.00. The van der Waals surface area contributed by atoms with E-state index in [1.54, 1.807) is 0 Å². The minimum atomic E-state index is -4.55. The van der Waals surface area contributed by atoms with E-state index in [4.69, 9.17) is 10.8 Å². The fourth-order valence-corrected chi connectivity index (χ4v) is 0.997. The highest BCUT2D eigenvalue weighted by Gasteiger charge is 2.33. The van der Waals surface area contributed by atoms with Gasteiger partial charge in [0.2, 0.25) is 5.95 Å². The minimum absolute atomic E-state index is 0.00623. The minimum Gasteiger partial charge on any atom is -0.396 e. The molecule has 0 aliphatic heterocycles. The van der Waals surface area contributed by atoms with Crippen LogP contribution in [0, 0.1) is 0 Å². The average molecular weight is 236 g/mol. The van der Waals surface area contributed by atoms with Crippen molar-refractivity contribution >= 4 is 11.8 Å². The van der Waals surface area contributed by atoms with E-state index in [9.17, 15) is 13.2 Å². The number of nitrogens with one attached hydrogen (secondary N) is 1. The Morgan fingerprint density at radius 2 is 2.06 bits per heavy atom. The summed E-state index contributed by atoms with van der Waals surface area (Å²) in [7, 11) is 0. The Balaban J connectivity index is 2.82. The number of hydrogen-bond acceptors (Lipinski definition) is 5. The van der Waals surface area contributed by atoms with Gasteiger partial charge in [-0.1, -0.05) is 0 Å².